The number of aryl methyl sites for hydroxylation is 1. The summed E-state index contributed by atoms with van der Waals surface area (Å²) in [4.78, 5) is 0. The summed E-state index contributed by atoms with van der Waals surface area (Å²) in [5.74, 6) is -0.497. The number of hydrogen-bond donors (Lipinski definition) is 0. The van der Waals surface area contributed by atoms with Crippen LogP contribution in [0.25, 0.3) is 0 Å². The van der Waals surface area contributed by atoms with Crippen LogP contribution in [0, 0.1) is 0 Å². The van der Waals surface area contributed by atoms with Gasteiger partial charge in [0.25, 0.3) is 0 Å². The average molecular weight is 246 g/mol. The summed E-state index contributed by atoms with van der Waals surface area (Å²) in [5.41, 5.74) is 3.75. The maximum atomic E-state index is 6.02. The minimum absolute atomic E-state index is 0.497. The standard InChI is InChI=1S/C16H22O2/c1-4-14-7-9-15(10-8-14)12-18-16(17-3)11-5-6-13(16)2/h6-10H,4-5,11-12H2,1-3H3. The fourth-order valence-electron chi connectivity index (χ4n) is 2.41. The van der Waals surface area contributed by atoms with Crippen LogP contribution in [0.3, 0.4) is 0 Å². The molecule has 0 bridgehead atoms. The van der Waals surface area contributed by atoms with E-state index in [0.717, 1.165) is 19.3 Å². The SMILES string of the molecule is CCc1ccc(COC2(OC)CCC=C2C)cc1. The van der Waals surface area contributed by atoms with Crippen LogP contribution in [-0.2, 0) is 22.5 Å². The maximum absolute atomic E-state index is 6.02. The van der Waals surface area contributed by atoms with Crippen LogP contribution in [0.5, 0.6) is 0 Å². The lowest BCUT2D eigenvalue weighted by Gasteiger charge is -2.29. The van der Waals surface area contributed by atoms with Gasteiger partial charge in [0.1, 0.15) is 0 Å². The molecule has 0 radical (unpaired) electrons. The molecule has 1 atom stereocenters. The molecule has 1 aliphatic rings. The monoisotopic (exact) mass is 246 g/mol. The number of hydrogen-bond acceptors (Lipinski definition) is 2. The Morgan fingerprint density at radius 3 is 2.33 bits per heavy atom. The van der Waals surface area contributed by atoms with E-state index >= 15 is 0 Å². The fraction of sp³-hybridized carbons (Fsp3) is 0.500. The van der Waals surface area contributed by atoms with Gasteiger partial charge < -0.3 is 9.47 Å². The Bertz CT molecular complexity index is 419. The highest BCUT2D eigenvalue weighted by Crippen LogP contribution is 2.35. The van der Waals surface area contributed by atoms with Crippen LogP contribution in [-0.4, -0.2) is 12.9 Å². The van der Waals surface area contributed by atoms with Crippen molar-refractivity contribution in [3.63, 3.8) is 0 Å². The molecule has 1 aliphatic carbocycles. The van der Waals surface area contributed by atoms with Gasteiger partial charge in [0.2, 0.25) is 0 Å². The quantitative estimate of drug-likeness (QED) is 0.580. The van der Waals surface area contributed by atoms with Crippen molar-refractivity contribution in [2.45, 2.75) is 45.5 Å². The largest absolute Gasteiger partial charge is 0.349 e. The summed E-state index contributed by atoms with van der Waals surface area (Å²) in [6.07, 6.45) is 5.23. The first-order chi connectivity index (χ1) is 8.70. The van der Waals surface area contributed by atoms with Crippen LogP contribution >= 0.6 is 0 Å². The van der Waals surface area contributed by atoms with E-state index in [1.807, 2.05) is 0 Å². The van der Waals surface area contributed by atoms with Gasteiger partial charge in [-0.25, -0.2) is 0 Å². The Labute approximate surface area is 110 Å². The Morgan fingerprint density at radius 1 is 1.17 bits per heavy atom. The molecule has 0 saturated heterocycles. The van der Waals surface area contributed by atoms with Crippen molar-refractivity contribution in [1.29, 1.82) is 0 Å². The van der Waals surface area contributed by atoms with Crippen molar-refractivity contribution in [1.82, 2.24) is 0 Å². The van der Waals surface area contributed by atoms with Crippen molar-refractivity contribution >= 4 is 0 Å². The van der Waals surface area contributed by atoms with E-state index < -0.39 is 5.79 Å². The van der Waals surface area contributed by atoms with Gasteiger partial charge in [-0.3, -0.25) is 0 Å². The Balaban J connectivity index is 1.99. The lowest BCUT2D eigenvalue weighted by atomic mass is 10.1. The zero-order valence-corrected chi connectivity index (χ0v) is 11.5. The van der Waals surface area contributed by atoms with Crippen molar-refractivity contribution in [2.75, 3.05) is 7.11 Å². The molecule has 1 unspecified atom stereocenters. The van der Waals surface area contributed by atoms with Crippen LogP contribution in [0.15, 0.2) is 35.9 Å². The number of methoxy groups -OCH3 is 1. The number of ether oxygens (including phenoxy) is 2. The fourth-order valence-corrected chi connectivity index (χ4v) is 2.41. The van der Waals surface area contributed by atoms with Gasteiger partial charge in [-0.1, -0.05) is 37.3 Å². The Morgan fingerprint density at radius 2 is 1.83 bits per heavy atom. The maximum Gasteiger partial charge on any atom is 0.190 e. The average Bonchev–Trinajstić information content (AvgIpc) is 2.79. The minimum atomic E-state index is -0.497. The molecule has 0 amide bonds. The zero-order valence-electron chi connectivity index (χ0n) is 11.5. The molecule has 0 heterocycles. The molecule has 2 nitrogen and oxygen atoms in total. The molecule has 2 heteroatoms. The molecule has 2 rings (SSSR count). The number of allylic oxidation sites excluding steroid dienone is 1. The van der Waals surface area contributed by atoms with Gasteiger partial charge in [0.15, 0.2) is 5.79 Å². The lowest BCUT2D eigenvalue weighted by Crippen LogP contribution is -2.33. The Kier molecular flexibility index (Phi) is 4.20. The highest BCUT2D eigenvalue weighted by Gasteiger charge is 2.35. The van der Waals surface area contributed by atoms with Gasteiger partial charge >= 0.3 is 0 Å². The van der Waals surface area contributed by atoms with Gasteiger partial charge in [0, 0.05) is 13.5 Å². The highest BCUT2D eigenvalue weighted by molar-refractivity contribution is 5.22. The molecular weight excluding hydrogens is 224 g/mol. The smallest absolute Gasteiger partial charge is 0.190 e. The van der Waals surface area contributed by atoms with E-state index in [-0.39, 0.29) is 0 Å². The first-order valence-corrected chi connectivity index (χ1v) is 6.64. The normalized spacial score (nSPS) is 23.2. The minimum Gasteiger partial charge on any atom is -0.349 e. The molecule has 1 aromatic rings. The zero-order chi connectivity index (χ0) is 13.0. The second-order valence-corrected chi connectivity index (χ2v) is 4.84. The van der Waals surface area contributed by atoms with E-state index in [2.05, 4.69) is 44.2 Å². The molecule has 0 saturated carbocycles. The molecule has 0 fully saturated rings. The van der Waals surface area contributed by atoms with Crippen LogP contribution in [0.4, 0.5) is 0 Å². The molecule has 1 aromatic carbocycles. The first kappa shape index (κ1) is 13.3. The lowest BCUT2D eigenvalue weighted by molar-refractivity contribution is -0.201. The third-order valence-corrected chi connectivity index (χ3v) is 3.76. The Hall–Kier alpha value is -1.12. The third kappa shape index (κ3) is 2.65. The van der Waals surface area contributed by atoms with Crippen molar-refractivity contribution < 1.29 is 9.47 Å². The predicted molar refractivity (Wildman–Crippen MR) is 73.3 cm³/mol. The summed E-state index contributed by atoms with van der Waals surface area (Å²) >= 11 is 0. The van der Waals surface area contributed by atoms with Gasteiger partial charge in [0.05, 0.1) is 6.61 Å². The molecule has 0 aliphatic heterocycles. The van der Waals surface area contributed by atoms with E-state index in [1.165, 1.54) is 16.7 Å². The van der Waals surface area contributed by atoms with Crippen molar-refractivity contribution in [2.24, 2.45) is 0 Å². The summed E-state index contributed by atoms with van der Waals surface area (Å²) in [5, 5.41) is 0. The summed E-state index contributed by atoms with van der Waals surface area (Å²) < 4.78 is 11.6. The van der Waals surface area contributed by atoms with Crippen LogP contribution < -0.4 is 0 Å². The summed E-state index contributed by atoms with van der Waals surface area (Å²) in [6, 6.07) is 8.59. The van der Waals surface area contributed by atoms with Gasteiger partial charge in [-0.2, -0.15) is 0 Å². The molecule has 0 spiro atoms. The second-order valence-electron chi connectivity index (χ2n) is 4.84. The van der Waals surface area contributed by atoms with E-state index in [9.17, 15) is 0 Å². The van der Waals surface area contributed by atoms with Crippen LogP contribution in [0.2, 0.25) is 0 Å². The third-order valence-electron chi connectivity index (χ3n) is 3.76. The van der Waals surface area contributed by atoms with Crippen molar-refractivity contribution in [3.05, 3.63) is 47.0 Å². The summed E-state index contributed by atoms with van der Waals surface area (Å²) in [6.45, 7) is 4.85. The summed E-state index contributed by atoms with van der Waals surface area (Å²) in [7, 11) is 1.73. The highest BCUT2D eigenvalue weighted by atomic mass is 16.7. The topological polar surface area (TPSA) is 18.5 Å². The van der Waals surface area contributed by atoms with Gasteiger partial charge in [-0.05, 0) is 36.5 Å². The van der Waals surface area contributed by atoms with Crippen molar-refractivity contribution in [3.8, 4) is 0 Å². The van der Waals surface area contributed by atoms with E-state index in [0.29, 0.717) is 6.61 Å². The molecule has 0 aromatic heterocycles. The molecular formula is C16H22O2. The number of rotatable bonds is 5. The number of benzene rings is 1. The second kappa shape index (κ2) is 5.68. The van der Waals surface area contributed by atoms with E-state index in [4.69, 9.17) is 9.47 Å². The molecule has 0 N–H and O–H groups in total. The van der Waals surface area contributed by atoms with Crippen LogP contribution in [0.1, 0.15) is 37.8 Å². The molecule has 18 heavy (non-hydrogen) atoms. The van der Waals surface area contributed by atoms with Gasteiger partial charge in [-0.15, -0.1) is 0 Å². The predicted octanol–water partition coefficient (Wildman–Crippen LogP) is 3.85. The van der Waals surface area contributed by atoms with E-state index in [1.54, 1.807) is 7.11 Å². The molecule has 98 valence electrons. The first-order valence-electron chi connectivity index (χ1n) is 6.64.